The molecule has 0 spiro atoms. The molecule has 1 atom stereocenters. The van der Waals surface area contributed by atoms with Gasteiger partial charge in [0.25, 0.3) is 0 Å². The summed E-state index contributed by atoms with van der Waals surface area (Å²) in [6.45, 7) is 0. The lowest BCUT2D eigenvalue weighted by molar-refractivity contribution is -0.140. The van der Waals surface area contributed by atoms with Gasteiger partial charge in [0, 0.05) is 4.47 Å². The van der Waals surface area contributed by atoms with Crippen LogP contribution in [0.1, 0.15) is 10.9 Å². The van der Waals surface area contributed by atoms with Crippen LogP contribution in [0.5, 0.6) is 0 Å². The number of methoxy groups -OCH3 is 1. The highest BCUT2D eigenvalue weighted by molar-refractivity contribution is 9.10. The van der Waals surface area contributed by atoms with Crippen molar-refractivity contribution in [3.05, 3.63) is 34.3 Å². The Kier molecular flexibility index (Phi) is 3.75. The van der Waals surface area contributed by atoms with E-state index in [0.717, 1.165) is 10.0 Å². The molecule has 1 aromatic carbocycles. The molecule has 0 heterocycles. The van der Waals surface area contributed by atoms with E-state index >= 15 is 0 Å². The van der Waals surface area contributed by atoms with Gasteiger partial charge in [0.1, 0.15) is 0 Å². The Labute approximate surface area is 90.0 Å². The van der Waals surface area contributed by atoms with Crippen LogP contribution in [0.4, 0.5) is 0 Å². The molecule has 2 nitrogen and oxygen atoms in total. The molecule has 0 aliphatic heterocycles. The first kappa shape index (κ1) is 10.5. The van der Waals surface area contributed by atoms with Crippen molar-refractivity contribution in [3.63, 3.8) is 0 Å². The number of rotatable bonds is 2. The third-order valence-electron chi connectivity index (χ3n) is 1.55. The molecule has 70 valence electrons. The van der Waals surface area contributed by atoms with Crippen LogP contribution in [0.3, 0.4) is 0 Å². The van der Waals surface area contributed by atoms with Gasteiger partial charge >= 0.3 is 5.97 Å². The summed E-state index contributed by atoms with van der Waals surface area (Å²) in [4.78, 5) is 11.1. The average molecular weight is 264 g/mol. The Morgan fingerprint density at radius 1 is 1.62 bits per heavy atom. The lowest BCUT2D eigenvalue weighted by atomic mass is 10.1. The normalized spacial score (nSPS) is 12.2. The third kappa shape index (κ3) is 2.71. The van der Waals surface area contributed by atoms with Crippen LogP contribution in [0.2, 0.25) is 0 Å². The number of hydrogen-bond donors (Lipinski definition) is 0. The SMILES string of the molecule is COC(=O)[C@@H](Cl)c1cccc(Br)c1. The van der Waals surface area contributed by atoms with Gasteiger partial charge in [-0.2, -0.15) is 0 Å². The van der Waals surface area contributed by atoms with E-state index in [1.807, 2.05) is 12.1 Å². The summed E-state index contributed by atoms with van der Waals surface area (Å²) in [5, 5.41) is -0.734. The molecule has 1 rings (SSSR count). The molecule has 0 saturated heterocycles. The zero-order valence-corrected chi connectivity index (χ0v) is 9.30. The molecule has 0 N–H and O–H groups in total. The second-order valence-electron chi connectivity index (χ2n) is 2.44. The van der Waals surface area contributed by atoms with Gasteiger partial charge in [0.15, 0.2) is 5.38 Å². The van der Waals surface area contributed by atoms with Gasteiger partial charge in [0.05, 0.1) is 7.11 Å². The second kappa shape index (κ2) is 4.63. The summed E-state index contributed by atoms with van der Waals surface area (Å²) in [6, 6.07) is 7.25. The largest absolute Gasteiger partial charge is 0.468 e. The highest BCUT2D eigenvalue weighted by Crippen LogP contribution is 2.24. The van der Waals surface area contributed by atoms with Crippen molar-refractivity contribution in [2.24, 2.45) is 0 Å². The van der Waals surface area contributed by atoms with Crippen LogP contribution in [0.25, 0.3) is 0 Å². The summed E-state index contributed by atoms with van der Waals surface area (Å²) in [5.41, 5.74) is 0.725. The maximum absolute atomic E-state index is 11.1. The maximum atomic E-state index is 11.1. The van der Waals surface area contributed by atoms with Crippen LogP contribution in [-0.4, -0.2) is 13.1 Å². The van der Waals surface area contributed by atoms with E-state index in [2.05, 4.69) is 20.7 Å². The van der Waals surface area contributed by atoms with E-state index in [4.69, 9.17) is 11.6 Å². The first-order valence-corrected chi connectivity index (χ1v) is 4.85. The second-order valence-corrected chi connectivity index (χ2v) is 3.79. The topological polar surface area (TPSA) is 26.3 Å². The van der Waals surface area contributed by atoms with Gasteiger partial charge in [-0.1, -0.05) is 28.1 Å². The minimum atomic E-state index is -0.734. The Morgan fingerprint density at radius 3 is 2.85 bits per heavy atom. The summed E-state index contributed by atoms with van der Waals surface area (Å²) in [5.74, 6) is -0.445. The van der Waals surface area contributed by atoms with Gasteiger partial charge in [-0.3, -0.25) is 4.79 Å². The number of carbonyl (C=O) groups is 1. The minimum Gasteiger partial charge on any atom is -0.468 e. The lowest BCUT2D eigenvalue weighted by Crippen LogP contribution is -2.08. The fraction of sp³-hybridized carbons (Fsp3) is 0.222. The fourth-order valence-electron chi connectivity index (χ4n) is 0.904. The molecule has 0 aromatic heterocycles. The molecular formula is C9H8BrClO2. The number of alkyl halides is 1. The van der Waals surface area contributed by atoms with Crippen molar-refractivity contribution in [2.45, 2.75) is 5.38 Å². The van der Waals surface area contributed by atoms with Crippen molar-refractivity contribution in [1.82, 2.24) is 0 Å². The molecule has 0 aliphatic rings. The molecule has 0 amide bonds. The first-order chi connectivity index (χ1) is 6.15. The third-order valence-corrected chi connectivity index (χ3v) is 2.47. The number of esters is 1. The fourth-order valence-corrected chi connectivity index (χ4v) is 1.55. The molecule has 0 fully saturated rings. The maximum Gasteiger partial charge on any atom is 0.328 e. The number of benzene rings is 1. The summed E-state index contributed by atoms with van der Waals surface area (Å²) in [7, 11) is 1.32. The van der Waals surface area contributed by atoms with E-state index in [1.54, 1.807) is 12.1 Å². The molecule has 0 bridgehead atoms. The van der Waals surface area contributed by atoms with Crippen LogP contribution < -0.4 is 0 Å². The Hall–Kier alpha value is -0.540. The molecular weight excluding hydrogens is 255 g/mol. The molecule has 0 unspecified atom stereocenters. The van der Waals surface area contributed by atoms with Crippen molar-refractivity contribution in [2.75, 3.05) is 7.11 Å². The average Bonchev–Trinajstić information content (AvgIpc) is 2.15. The zero-order valence-electron chi connectivity index (χ0n) is 6.96. The lowest BCUT2D eigenvalue weighted by Gasteiger charge is -2.07. The van der Waals surface area contributed by atoms with Gasteiger partial charge in [-0.05, 0) is 17.7 Å². The van der Waals surface area contributed by atoms with E-state index in [0.29, 0.717) is 0 Å². The van der Waals surface area contributed by atoms with Gasteiger partial charge < -0.3 is 4.74 Å². The van der Waals surface area contributed by atoms with Crippen LogP contribution >= 0.6 is 27.5 Å². The molecule has 13 heavy (non-hydrogen) atoms. The quantitative estimate of drug-likeness (QED) is 0.606. The van der Waals surface area contributed by atoms with Gasteiger partial charge in [0.2, 0.25) is 0 Å². The van der Waals surface area contributed by atoms with E-state index in [-0.39, 0.29) is 0 Å². The predicted octanol–water partition coefficient (Wildman–Crippen LogP) is 2.90. The van der Waals surface area contributed by atoms with E-state index in [9.17, 15) is 4.79 Å². The van der Waals surface area contributed by atoms with Crippen molar-refractivity contribution in [1.29, 1.82) is 0 Å². The molecule has 4 heteroatoms. The minimum absolute atomic E-state index is 0.445. The summed E-state index contributed by atoms with van der Waals surface area (Å²) in [6.07, 6.45) is 0. The Morgan fingerprint density at radius 2 is 2.31 bits per heavy atom. The van der Waals surface area contributed by atoms with Crippen molar-refractivity contribution < 1.29 is 9.53 Å². The standard InChI is InChI=1S/C9H8BrClO2/c1-13-9(12)8(11)6-3-2-4-7(10)5-6/h2-5,8H,1H3/t8-/m0/s1. The Balaban J connectivity index is 2.88. The number of carbonyl (C=O) groups excluding carboxylic acids is 1. The van der Waals surface area contributed by atoms with Crippen LogP contribution in [0, 0.1) is 0 Å². The van der Waals surface area contributed by atoms with Crippen molar-refractivity contribution >= 4 is 33.5 Å². The van der Waals surface area contributed by atoms with Gasteiger partial charge in [-0.15, -0.1) is 11.6 Å². The molecule has 0 aliphatic carbocycles. The molecule has 1 aromatic rings. The molecule has 0 saturated carbocycles. The smallest absolute Gasteiger partial charge is 0.328 e. The first-order valence-electron chi connectivity index (χ1n) is 3.62. The van der Waals surface area contributed by atoms with E-state index in [1.165, 1.54) is 7.11 Å². The highest BCUT2D eigenvalue weighted by atomic mass is 79.9. The molecule has 0 radical (unpaired) electrons. The summed E-state index contributed by atoms with van der Waals surface area (Å²) < 4.78 is 5.41. The number of halogens is 2. The predicted molar refractivity (Wildman–Crippen MR) is 54.8 cm³/mol. The van der Waals surface area contributed by atoms with Crippen LogP contribution in [0.15, 0.2) is 28.7 Å². The monoisotopic (exact) mass is 262 g/mol. The summed E-state index contributed by atoms with van der Waals surface area (Å²) >= 11 is 9.12. The van der Waals surface area contributed by atoms with Crippen LogP contribution in [-0.2, 0) is 9.53 Å². The Bertz CT molecular complexity index is 314. The highest BCUT2D eigenvalue weighted by Gasteiger charge is 2.17. The van der Waals surface area contributed by atoms with E-state index < -0.39 is 11.3 Å². The number of ether oxygens (including phenoxy) is 1. The van der Waals surface area contributed by atoms with Gasteiger partial charge in [-0.25, -0.2) is 0 Å². The van der Waals surface area contributed by atoms with Crippen molar-refractivity contribution in [3.8, 4) is 0 Å². The number of hydrogen-bond acceptors (Lipinski definition) is 2. The zero-order chi connectivity index (χ0) is 9.84.